The van der Waals surface area contributed by atoms with Crippen LogP contribution in [0.1, 0.15) is 41.2 Å². The van der Waals surface area contributed by atoms with Gasteiger partial charge in [-0.25, -0.2) is 8.78 Å². The summed E-state index contributed by atoms with van der Waals surface area (Å²) in [6.45, 7) is 5.73. The fourth-order valence-electron chi connectivity index (χ4n) is 2.87. The summed E-state index contributed by atoms with van der Waals surface area (Å²) in [5.41, 5.74) is 2.94. The molecule has 0 heterocycles. The SMILES string of the molecule is CCc1cc(C)c(OCc2c(C(F)F)cccc2N(O)C(=O)SC)cc1C. The molecule has 0 unspecified atom stereocenters. The van der Waals surface area contributed by atoms with Gasteiger partial charge in [0.05, 0.1) is 5.69 Å². The van der Waals surface area contributed by atoms with E-state index in [-0.39, 0.29) is 23.4 Å². The maximum Gasteiger partial charge on any atom is 0.309 e. The second-order valence-corrected chi connectivity index (χ2v) is 6.87. The van der Waals surface area contributed by atoms with E-state index in [0.29, 0.717) is 10.8 Å². The smallest absolute Gasteiger partial charge is 0.309 e. The zero-order valence-corrected chi connectivity index (χ0v) is 16.6. The molecule has 0 aliphatic rings. The third-order valence-corrected chi connectivity index (χ3v) is 4.91. The van der Waals surface area contributed by atoms with Crippen LogP contribution in [0.4, 0.5) is 19.3 Å². The van der Waals surface area contributed by atoms with E-state index in [9.17, 15) is 18.8 Å². The monoisotopic (exact) mass is 395 g/mol. The van der Waals surface area contributed by atoms with E-state index in [1.165, 1.54) is 30.0 Å². The Morgan fingerprint density at radius 1 is 1.26 bits per heavy atom. The average molecular weight is 395 g/mol. The topological polar surface area (TPSA) is 49.8 Å². The van der Waals surface area contributed by atoms with Gasteiger partial charge in [0, 0.05) is 11.1 Å². The largest absolute Gasteiger partial charge is 0.489 e. The predicted octanol–water partition coefficient (Wildman–Crippen LogP) is 6.06. The van der Waals surface area contributed by atoms with Crippen LogP contribution in [0.3, 0.4) is 0 Å². The molecule has 2 aromatic rings. The van der Waals surface area contributed by atoms with Crippen LogP contribution in [0.15, 0.2) is 30.3 Å². The number of halogens is 2. The van der Waals surface area contributed by atoms with Gasteiger partial charge in [-0.15, -0.1) is 0 Å². The fourth-order valence-corrected chi connectivity index (χ4v) is 3.14. The van der Waals surface area contributed by atoms with Crippen molar-refractivity contribution in [3.63, 3.8) is 0 Å². The summed E-state index contributed by atoms with van der Waals surface area (Å²) in [4.78, 5) is 11.8. The molecule has 27 heavy (non-hydrogen) atoms. The zero-order chi connectivity index (χ0) is 20.1. The third kappa shape index (κ3) is 4.78. The van der Waals surface area contributed by atoms with Gasteiger partial charge in [0.1, 0.15) is 12.4 Å². The van der Waals surface area contributed by atoms with Gasteiger partial charge in [0.25, 0.3) is 6.43 Å². The van der Waals surface area contributed by atoms with Crippen molar-refractivity contribution < 1.29 is 23.5 Å². The first-order valence-corrected chi connectivity index (χ1v) is 9.72. The molecule has 0 saturated heterocycles. The molecule has 0 atom stereocenters. The van der Waals surface area contributed by atoms with E-state index in [1.807, 2.05) is 26.0 Å². The van der Waals surface area contributed by atoms with E-state index >= 15 is 0 Å². The number of hydroxylamine groups is 1. The van der Waals surface area contributed by atoms with E-state index in [4.69, 9.17) is 4.74 Å². The molecule has 1 amide bonds. The van der Waals surface area contributed by atoms with Crippen LogP contribution in [0.25, 0.3) is 0 Å². The highest BCUT2D eigenvalue weighted by atomic mass is 32.2. The number of rotatable bonds is 6. The summed E-state index contributed by atoms with van der Waals surface area (Å²) < 4.78 is 32.8. The molecule has 0 radical (unpaired) electrons. The lowest BCUT2D eigenvalue weighted by atomic mass is 10.0. The van der Waals surface area contributed by atoms with Crippen molar-refractivity contribution in [2.24, 2.45) is 0 Å². The Balaban J connectivity index is 2.40. The number of hydrogen-bond donors (Lipinski definition) is 1. The number of carbonyl (C=O) groups is 1. The van der Waals surface area contributed by atoms with Crippen molar-refractivity contribution in [2.45, 2.75) is 40.2 Å². The van der Waals surface area contributed by atoms with Gasteiger partial charge in [0.2, 0.25) is 0 Å². The van der Waals surface area contributed by atoms with Crippen molar-refractivity contribution in [1.29, 1.82) is 0 Å². The molecular weight excluding hydrogens is 372 g/mol. The quantitative estimate of drug-likeness (QED) is 0.477. The molecule has 1 N–H and O–H groups in total. The number of anilines is 1. The third-order valence-electron chi connectivity index (χ3n) is 4.38. The molecule has 2 aromatic carbocycles. The summed E-state index contributed by atoms with van der Waals surface area (Å²) >= 11 is 0.782. The standard InChI is InChI=1S/C20H23F2NO3S/c1-5-14-9-13(3)18(10-12(14)2)26-11-16-15(19(21)22)7-6-8-17(16)23(25)20(24)27-4/h6-10,19,25H,5,11H2,1-4H3. The number of hydrogen-bond acceptors (Lipinski definition) is 4. The van der Waals surface area contributed by atoms with E-state index in [1.54, 1.807) is 0 Å². The summed E-state index contributed by atoms with van der Waals surface area (Å²) in [5.74, 6) is 0.584. The number of nitrogens with zero attached hydrogens (tertiary/aromatic N) is 1. The minimum absolute atomic E-state index is 0.00768. The molecule has 7 heteroatoms. The van der Waals surface area contributed by atoms with Crippen LogP contribution in [0.2, 0.25) is 0 Å². The first kappa shape index (κ1) is 21.2. The first-order chi connectivity index (χ1) is 12.8. The Bertz CT molecular complexity index is 827. The van der Waals surface area contributed by atoms with Crippen molar-refractivity contribution in [1.82, 2.24) is 0 Å². The van der Waals surface area contributed by atoms with Crippen molar-refractivity contribution in [3.05, 3.63) is 58.1 Å². The molecular formula is C20H23F2NO3S. The van der Waals surface area contributed by atoms with Crippen LogP contribution >= 0.6 is 11.8 Å². The summed E-state index contributed by atoms with van der Waals surface area (Å²) in [7, 11) is 0. The van der Waals surface area contributed by atoms with Gasteiger partial charge >= 0.3 is 5.24 Å². The fraction of sp³-hybridized carbons (Fsp3) is 0.350. The van der Waals surface area contributed by atoms with E-state index in [2.05, 4.69) is 6.92 Å². The maximum absolute atomic E-state index is 13.5. The van der Waals surface area contributed by atoms with Gasteiger partial charge < -0.3 is 4.74 Å². The molecule has 0 bridgehead atoms. The lowest BCUT2D eigenvalue weighted by Crippen LogP contribution is -2.24. The van der Waals surface area contributed by atoms with Gasteiger partial charge in [-0.1, -0.05) is 36.9 Å². The van der Waals surface area contributed by atoms with Crippen LogP contribution in [-0.2, 0) is 13.0 Å². The highest BCUT2D eigenvalue weighted by Crippen LogP contribution is 2.33. The Labute approximate surface area is 162 Å². The normalized spacial score (nSPS) is 11.0. The highest BCUT2D eigenvalue weighted by molar-refractivity contribution is 8.13. The molecule has 0 aromatic heterocycles. The Kier molecular flexibility index (Phi) is 7.21. The Morgan fingerprint density at radius 2 is 1.96 bits per heavy atom. The number of carbonyl (C=O) groups excluding carboxylic acids is 1. The zero-order valence-electron chi connectivity index (χ0n) is 15.8. The number of ether oxygens (including phenoxy) is 1. The second-order valence-electron chi connectivity index (χ2n) is 6.11. The number of amides is 1. The Morgan fingerprint density at radius 3 is 2.56 bits per heavy atom. The summed E-state index contributed by atoms with van der Waals surface area (Å²) in [6.07, 6.45) is -0.367. The summed E-state index contributed by atoms with van der Waals surface area (Å²) in [6, 6.07) is 7.95. The van der Waals surface area contributed by atoms with Crippen molar-refractivity contribution in [2.75, 3.05) is 11.3 Å². The van der Waals surface area contributed by atoms with Gasteiger partial charge in [-0.3, -0.25) is 10.0 Å². The highest BCUT2D eigenvalue weighted by Gasteiger charge is 2.22. The molecule has 146 valence electrons. The molecule has 0 spiro atoms. The van der Waals surface area contributed by atoms with Gasteiger partial charge in [-0.05, 0) is 55.3 Å². The molecule has 4 nitrogen and oxygen atoms in total. The van der Waals surface area contributed by atoms with Crippen LogP contribution in [0, 0.1) is 13.8 Å². The predicted molar refractivity (Wildman–Crippen MR) is 104 cm³/mol. The molecule has 0 fully saturated rings. The van der Waals surface area contributed by atoms with E-state index in [0.717, 1.165) is 29.3 Å². The lowest BCUT2D eigenvalue weighted by Gasteiger charge is -2.21. The average Bonchev–Trinajstić information content (AvgIpc) is 2.66. The van der Waals surface area contributed by atoms with Crippen molar-refractivity contribution in [3.8, 4) is 5.75 Å². The number of alkyl halides is 2. The molecule has 2 rings (SSSR count). The number of aryl methyl sites for hydroxylation is 3. The minimum atomic E-state index is -2.76. The minimum Gasteiger partial charge on any atom is -0.489 e. The van der Waals surface area contributed by atoms with E-state index < -0.39 is 11.7 Å². The van der Waals surface area contributed by atoms with Crippen LogP contribution in [0.5, 0.6) is 5.75 Å². The number of thioether (sulfide) groups is 1. The first-order valence-electron chi connectivity index (χ1n) is 8.49. The maximum atomic E-state index is 13.5. The lowest BCUT2D eigenvalue weighted by molar-refractivity contribution is 0.147. The molecule has 0 aliphatic heterocycles. The number of benzene rings is 2. The van der Waals surface area contributed by atoms with Gasteiger partial charge in [-0.2, -0.15) is 5.06 Å². The van der Waals surface area contributed by atoms with Crippen LogP contribution < -0.4 is 9.80 Å². The Hall–Kier alpha value is -2.12. The van der Waals surface area contributed by atoms with Gasteiger partial charge in [0.15, 0.2) is 0 Å². The van der Waals surface area contributed by atoms with Crippen LogP contribution in [-0.4, -0.2) is 16.7 Å². The second kappa shape index (κ2) is 9.19. The van der Waals surface area contributed by atoms with Crippen molar-refractivity contribution >= 4 is 22.7 Å². The summed E-state index contributed by atoms with van der Waals surface area (Å²) in [5, 5.41) is 9.82. The molecule has 0 saturated carbocycles. The molecule has 0 aliphatic carbocycles.